The van der Waals surface area contributed by atoms with E-state index < -0.39 is 24.3 Å². The molecule has 0 spiro atoms. The first-order valence-electron chi connectivity index (χ1n) is 33.4. The van der Waals surface area contributed by atoms with E-state index in [1.807, 2.05) is 21.1 Å². The second-order valence-corrected chi connectivity index (χ2v) is 23.4. The highest BCUT2D eigenvalue weighted by atomic mass is 16.7. The molecule has 0 aliphatic rings. The van der Waals surface area contributed by atoms with Gasteiger partial charge in [0, 0.05) is 12.8 Å². The van der Waals surface area contributed by atoms with Gasteiger partial charge in [0.05, 0.1) is 34.4 Å². The number of aliphatic carboxylic acids is 1. The monoisotopic (exact) mass is 1130 g/mol. The lowest BCUT2D eigenvalue weighted by molar-refractivity contribution is -0.870. The molecule has 0 aliphatic heterocycles. The standard InChI is InChI=1S/C72H125NO8/c1-6-8-10-12-14-16-18-20-22-24-26-27-28-29-30-31-32-33-34-35-36-37-38-39-40-41-42-43-45-47-49-51-53-55-57-59-61-63-70(75)81-68(67-80-72(71(76)77)78-65-64-73(3,4)5)66-79-69(74)62-60-58-56-54-52-50-48-46-44-25-23-21-19-17-15-13-11-9-7-2/h8-11,14-17,20-23,26-27,44,46,68,72H,6-7,12-13,18-19,24-25,28-43,45,47-67H2,1-5H3/p+1/b10-8-,11-9-,16-14-,17-15-,22-20-,23-21-,27-26-,46-44-. The average Bonchev–Trinajstić information content (AvgIpc) is 3.44. The summed E-state index contributed by atoms with van der Waals surface area (Å²) in [6.45, 7) is 4.66. The van der Waals surface area contributed by atoms with E-state index in [9.17, 15) is 19.5 Å². The van der Waals surface area contributed by atoms with Crippen LogP contribution in [0.1, 0.15) is 284 Å². The maximum absolute atomic E-state index is 12.9. The second-order valence-electron chi connectivity index (χ2n) is 23.4. The molecule has 0 aliphatic carbocycles. The first-order chi connectivity index (χ1) is 39.6. The van der Waals surface area contributed by atoms with E-state index in [1.165, 1.54) is 154 Å². The van der Waals surface area contributed by atoms with Crippen LogP contribution >= 0.6 is 0 Å². The van der Waals surface area contributed by atoms with Gasteiger partial charge in [-0.2, -0.15) is 0 Å². The zero-order valence-corrected chi connectivity index (χ0v) is 53.2. The van der Waals surface area contributed by atoms with E-state index in [1.54, 1.807) is 0 Å². The van der Waals surface area contributed by atoms with Gasteiger partial charge in [0.2, 0.25) is 0 Å². The number of unbranched alkanes of at least 4 members (excludes halogenated alkanes) is 30. The van der Waals surface area contributed by atoms with Gasteiger partial charge in [-0.15, -0.1) is 0 Å². The van der Waals surface area contributed by atoms with Crippen LogP contribution in [0.2, 0.25) is 0 Å². The van der Waals surface area contributed by atoms with Gasteiger partial charge < -0.3 is 28.5 Å². The van der Waals surface area contributed by atoms with Crippen molar-refractivity contribution >= 4 is 17.9 Å². The lowest BCUT2D eigenvalue weighted by Crippen LogP contribution is -2.40. The maximum atomic E-state index is 12.9. The largest absolute Gasteiger partial charge is 0.477 e. The van der Waals surface area contributed by atoms with Crippen LogP contribution in [0.3, 0.4) is 0 Å². The van der Waals surface area contributed by atoms with Gasteiger partial charge in [0.1, 0.15) is 13.2 Å². The molecule has 81 heavy (non-hydrogen) atoms. The van der Waals surface area contributed by atoms with Gasteiger partial charge in [-0.1, -0.05) is 278 Å². The predicted octanol–water partition coefficient (Wildman–Crippen LogP) is 20.5. The molecule has 0 bridgehead atoms. The maximum Gasteiger partial charge on any atom is 0.361 e. The smallest absolute Gasteiger partial charge is 0.361 e. The Bertz CT molecular complexity index is 1650. The summed E-state index contributed by atoms with van der Waals surface area (Å²) in [7, 11) is 5.97. The number of hydrogen-bond donors (Lipinski definition) is 1. The van der Waals surface area contributed by atoms with Crippen molar-refractivity contribution < 1.29 is 42.9 Å². The van der Waals surface area contributed by atoms with Crippen LogP contribution < -0.4 is 0 Å². The number of hydrogen-bond acceptors (Lipinski definition) is 7. The minimum absolute atomic E-state index is 0.183. The molecule has 0 radical (unpaired) electrons. The Labute approximate surface area is 499 Å². The van der Waals surface area contributed by atoms with Gasteiger partial charge in [-0.05, 0) is 89.9 Å². The molecule has 0 amide bonds. The topological polar surface area (TPSA) is 108 Å². The van der Waals surface area contributed by atoms with Crippen molar-refractivity contribution in [3.63, 3.8) is 0 Å². The molecule has 2 unspecified atom stereocenters. The van der Waals surface area contributed by atoms with Crippen LogP contribution in [0.15, 0.2) is 97.2 Å². The predicted molar refractivity (Wildman–Crippen MR) is 345 cm³/mol. The Hall–Kier alpha value is -3.79. The zero-order chi connectivity index (χ0) is 59.1. The molecule has 0 saturated heterocycles. The highest BCUT2D eigenvalue weighted by molar-refractivity contribution is 5.71. The molecule has 0 aromatic heterocycles. The number of carboxylic acid groups (broad SMARTS) is 1. The van der Waals surface area contributed by atoms with Crippen molar-refractivity contribution in [3.05, 3.63) is 97.2 Å². The third-order valence-corrected chi connectivity index (χ3v) is 14.3. The van der Waals surface area contributed by atoms with Gasteiger partial charge in [-0.25, -0.2) is 4.79 Å². The van der Waals surface area contributed by atoms with Crippen LogP contribution in [-0.4, -0.2) is 87.4 Å². The van der Waals surface area contributed by atoms with E-state index in [-0.39, 0.29) is 38.6 Å². The van der Waals surface area contributed by atoms with E-state index in [2.05, 4.69) is 111 Å². The van der Waals surface area contributed by atoms with Crippen LogP contribution in [0, 0.1) is 0 Å². The fourth-order valence-electron chi connectivity index (χ4n) is 9.29. The molecule has 1 N–H and O–H groups in total. The Morgan fingerprint density at radius 2 is 0.667 bits per heavy atom. The highest BCUT2D eigenvalue weighted by Gasteiger charge is 2.25. The number of ether oxygens (including phenoxy) is 4. The lowest BCUT2D eigenvalue weighted by atomic mass is 10.0. The van der Waals surface area contributed by atoms with Crippen molar-refractivity contribution in [2.45, 2.75) is 296 Å². The molecule has 9 heteroatoms. The molecule has 0 aromatic rings. The normalized spacial score (nSPS) is 13.3. The van der Waals surface area contributed by atoms with Gasteiger partial charge in [0.15, 0.2) is 6.10 Å². The number of likely N-dealkylation sites (N-methyl/N-ethyl adjacent to an activating group) is 1. The van der Waals surface area contributed by atoms with Crippen LogP contribution in [-0.2, 0) is 33.3 Å². The van der Waals surface area contributed by atoms with Gasteiger partial charge >= 0.3 is 17.9 Å². The number of rotatable bonds is 61. The number of quaternary nitrogens is 1. The molecule has 0 saturated carbocycles. The van der Waals surface area contributed by atoms with Crippen molar-refractivity contribution in [2.75, 3.05) is 47.5 Å². The number of nitrogens with zero attached hydrogens (tertiary/aromatic N) is 1. The second kappa shape index (κ2) is 62.3. The third kappa shape index (κ3) is 63.6. The average molecular weight is 1130 g/mol. The van der Waals surface area contributed by atoms with Gasteiger partial charge in [-0.3, -0.25) is 9.59 Å². The molecule has 2 atom stereocenters. The zero-order valence-electron chi connectivity index (χ0n) is 53.2. The molecule has 466 valence electrons. The Morgan fingerprint density at radius 1 is 0.370 bits per heavy atom. The summed E-state index contributed by atoms with van der Waals surface area (Å²) in [4.78, 5) is 37.5. The number of carboxylic acids is 1. The minimum Gasteiger partial charge on any atom is -0.477 e. The van der Waals surface area contributed by atoms with Crippen molar-refractivity contribution in [3.8, 4) is 0 Å². The molecule has 0 heterocycles. The number of carbonyl (C=O) groups excluding carboxylic acids is 2. The van der Waals surface area contributed by atoms with E-state index >= 15 is 0 Å². The SMILES string of the molecule is CC/C=C\C/C=C\C/C=C\C/C=C\CCCCCCCCCCCCCCCCCCCCCCCCCCC(=O)OC(COC(=O)CCCCCCCC/C=C\C/C=C\C/C=C\C/C=C\CC)COC(OCC[N+](C)(C)C)C(=O)O. The molecular weight excluding hydrogens is 1010 g/mol. The van der Waals surface area contributed by atoms with Gasteiger partial charge in [0.25, 0.3) is 6.29 Å². The number of carbonyl (C=O) groups is 3. The first-order valence-corrected chi connectivity index (χ1v) is 33.4. The number of esters is 2. The Morgan fingerprint density at radius 3 is 0.988 bits per heavy atom. The summed E-state index contributed by atoms with van der Waals surface area (Å²) in [5.41, 5.74) is 0. The van der Waals surface area contributed by atoms with Crippen LogP contribution in [0.25, 0.3) is 0 Å². The van der Waals surface area contributed by atoms with Crippen molar-refractivity contribution in [2.24, 2.45) is 0 Å². The third-order valence-electron chi connectivity index (χ3n) is 14.3. The van der Waals surface area contributed by atoms with Crippen molar-refractivity contribution in [1.29, 1.82) is 0 Å². The van der Waals surface area contributed by atoms with E-state index in [0.717, 1.165) is 103 Å². The molecule has 0 aromatic carbocycles. The Balaban J connectivity index is 4.04. The van der Waals surface area contributed by atoms with E-state index in [0.29, 0.717) is 11.0 Å². The quantitative estimate of drug-likeness (QED) is 0.0211. The molecule has 0 fully saturated rings. The fraction of sp³-hybridized carbons (Fsp3) is 0.736. The summed E-state index contributed by atoms with van der Waals surface area (Å²) >= 11 is 0. The molecule has 9 nitrogen and oxygen atoms in total. The first kappa shape index (κ1) is 77.2. The summed E-state index contributed by atoms with van der Waals surface area (Å²) in [6.07, 6.45) is 82.4. The molecule has 0 rings (SSSR count). The fourth-order valence-corrected chi connectivity index (χ4v) is 9.29. The summed E-state index contributed by atoms with van der Waals surface area (Å²) in [6, 6.07) is 0. The van der Waals surface area contributed by atoms with Crippen LogP contribution in [0.4, 0.5) is 0 Å². The highest BCUT2D eigenvalue weighted by Crippen LogP contribution is 2.17. The summed E-state index contributed by atoms with van der Waals surface area (Å²) < 4.78 is 22.9. The summed E-state index contributed by atoms with van der Waals surface area (Å²) in [5, 5.41) is 9.73. The van der Waals surface area contributed by atoms with Crippen molar-refractivity contribution in [1.82, 2.24) is 0 Å². The minimum atomic E-state index is -1.52. The molecular formula is C72H126NO8+. The lowest BCUT2D eigenvalue weighted by Gasteiger charge is -2.25. The summed E-state index contributed by atoms with van der Waals surface area (Å²) in [5.74, 6) is -2.02. The number of allylic oxidation sites excluding steroid dienone is 16. The van der Waals surface area contributed by atoms with Crippen LogP contribution in [0.5, 0.6) is 0 Å². The van der Waals surface area contributed by atoms with E-state index in [4.69, 9.17) is 18.9 Å². The Kier molecular flexibility index (Phi) is 59.3.